The van der Waals surface area contributed by atoms with Crippen molar-refractivity contribution in [2.45, 2.75) is 33.1 Å². The van der Waals surface area contributed by atoms with Crippen LogP contribution in [0.15, 0.2) is 23.8 Å². The van der Waals surface area contributed by atoms with Crippen molar-refractivity contribution < 1.29 is 0 Å². The van der Waals surface area contributed by atoms with Gasteiger partial charge in [0.25, 0.3) is 0 Å². The molecule has 2 aliphatic rings. The minimum atomic E-state index is 0.851. The lowest BCUT2D eigenvalue weighted by molar-refractivity contribution is 0.235. The number of allylic oxidation sites excluding steroid dienone is 4. The molecule has 2 rings (SSSR count). The topological polar surface area (TPSA) is 0 Å². The molecule has 2 aliphatic carbocycles. The summed E-state index contributed by atoms with van der Waals surface area (Å²) in [5.41, 5.74) is 1.61. The first-order valence-corrected chi connectivity index (χ1v) is 5.14. The molecular formula is C12H18. The summed E-state index contributed by atoms with van der Waals surface area (Å²) >= 11 is 0. The Morgan fingerprint density at radius 2 is 2.17 bits per heavy atom. The highest BCUT2D eigenvalue weighted by molar-refractivity contribution is 5.22. The third kappa shape index (κ3) is 1.24. The predicted molar refractivity (Wildman–Crippen MR) is 52.9 cm³/mol. The smallest absolute Gasteiger partial charge is 0.0137 e. The average Bonchev–Trinajstić information content (AvgIpc) is 2.07. The zero-order valence-corrected chi connectivity index (χ0v) is 8.09. The highest BCUT2D eigenvalue weighted by atomic mass is 14.3. The molecule has 1 fully saturated rings. The van der Waals surface area contributed by atoms with Crippen LogP contribution in [0, 0.1) is 17.8 Å². The fraction of sp³-hybridized carbons (Fsp3) is 0.667. The summed E-state index contributed by atoms with van der Waals surface area (Å²) in [6.45, 7) is 4.69. The number of hydrogen-bond donors (Lipinski definition) is 0. The summed E-state index contributed by atoms with van der Waals surface area (Å²) < 4.78 is 0. The lowest BCUT2D eigenvalue weighted by Crippen LogP contribution is -2.27. The molecule has 12 heavy (non-hydrogen) atoms. The minimum absolute atomic E-state index is 0.851. The Balaban J connectivity index is 2.20. The molecule has 0 heterocycles. The number of hydrogen-bond acceptors (Lipinski definition) is 0. The van der Waals surface area contributed by atoms with E-state index in [-0.39, 0.29) is 0 Å². The molecule has 0 aliphatic heterocycles. The van der Waals surface area contributed by atoms with Crippen LogP contribution in [0.5, 0.6) is 0 Å². The molecule has 0 aromatic heterocycles. The Morgan fingerprint density at radius 3 is 2.92 bits per heavy atom. The van der Waals surface area contributed by atoms with Gasteiger partial charge in [-0.05, 0) is 31.1 Å². The third-order valence-electron chi connectivity index (χ3n) is 3.57. The third-order valence-corrected chi connectivity index (χ3v) is 3.57. The van der Waals surface area contributed by atoms with Gasteiger partial charge < -0.3 is 0 Å². The molecule has 2 unspecified atom stereocenters. The van der Waals surface area contributed by atoms with E-state index >= 15 is 0 Å². The molecule has 1 saturated carbocycles. The van der Waals surface area contributed by atoms with Gasteiger partial charge in [0.1, 0.15) is 0 Å². The molecule has 0 aromatic carbocycles. The zero-order valence-electron chi connectivity index (χ0n) is 8.09. The molecule has 0 radical (unpaired) electrons. The second-order valence-electron chi connectivity index (χ2n) is 4.39. The molecule has 0 saturated heterocycles. The molecule has 0 bridgehead atoms. The van der Waals surface area contributed by atoms with Gasteiger partial charge in [0.2, 0.25) is 0 Å². The average molecular weight is 162 g/mol. The van der Waals surface area contributed by atoms with E-state index in [4.69, 9.17) is 0 Å². The van der Waals surface area contributed by atoms with Crippen LogP contribution in [-0.4, -0.2) is 0 Å². The first-order chi connectivity index (χ1) is 5.79. The number of fused-ring (bicyclic) bond motifs is 1. The molecule has 0 heteroatoms. The lowest BCUT2D eigenvalue weighted by atomic mass is 9.68. The van der Waals surface area contributed by atoms with Crippen LogP contribution >= 0.6 is 0 Å². The fourth-order valence-corrected chi connectivity index (χ4v) is 2.76. The van der Waals surface area contributed by atoms with Crippen molar-refractivity contribution in [3.05, 3.63) is 23.8 Å². The summed E-state index contributed by atoms with van der Waals surface area (Å²) in [4.78, 5) is 0. The Kier molecular flexibility index (Phi) is 2.08. The van der Waals surface area contributed by atoms with Crippen LogP contribution in [0.2, 0.25) is 0 Å². The molecule has 0 N–H and O–H groups in total. The Morgan fingerprint density at radius 1 is 1.33 bits per heavy atom. The van der Waals surface area contributed by atoms with E-state index in [0.717, 1.165) is 17.8 Å². The van der Waals surface area contributed by atoms with E-state index in [0.29, 0.717) is 0 Å². The summed E-state index contributed by atoms with van der Waals surface area (Å²) in [7, 11) is 0. The maximum atomic E-state index is 2.42. The van der Waals surface area contributed by atoms with Crippen molar-refractivity contribution in [2.24, 2.45) is 17.8 Å². The van der Waals surface area contributed by atoms with Crippen LogP contribution in [0.4, 0.5) is 0 Å². The van der Waals surface area contributed by atoms with Crippen molar-refractivity contribution in [1.29, 1.82) is 0 Å². The van der Waals surface area contributed by atoms with Gasteiger partial charge in [-0.2, -0.15) is 0 Å². The van der Waals surface area contributed by atoms with Crippen molar-refractivity contribution >= 4 is 0 Å². The van der Waals surface area contributed by atoms with Gasteiger partial charge in [0.05, 0.1) is 0 Å². The second kappa shape index (κ2) is 3.08. The molecule has 0 aromatic rings. The molecule has 66 valence electrons. The largest absolute Gasteiger partial charge is 0.0806 e. The van der Waals surface area contributed by atoms with E-state index in [1.807, 2.05) is 0 Å². The molecular weight excluding hydrogens is 144 g/mol. The SMILES string of the molecule is CC1=CC=C[C@H]2C(C)CCCC12. The number of rotatable bonds is 0. The van der Waals surface area contributed by atoms with Gasteiger partial charge in [-0.1, -0.05) is 43.6 Å². The van der Waals surface area contributed by atoms with Crippen molar-refractivity contribution in [3.63, 3.8) is 0 Å². The van der Waals surface area contributed by atoms with Gasteiger partial charge >= 0.3 is 0 Å². The van der Waals surface area contributed by atoms with E-state index in [1.54, 1.807) is 5.57 Å². The highest BCUT2D eigenvalue weighted by Gasteiger charge is 2.30. The van der Waals surface area contributed by atoms with Gasteiger partial charge in [-0.15, -0.1) is 0 Å². The van der Waals surface area contributed by atoms with Crippen LogP contribution in [0.1, 0.15) is 33.1 Å². The predicted octanol–water partition coefficient (Wildman–Crippen LogP) is 3.55. The Hall–Kier alpha value is -0.520. The van der Waals surface area contributed by atoms with Gasteiger partial charge in [0.15, 0.2) is 0 Å². The highest BCUT2D eigenvalue weighted by Crippen LogP contribution is 2.41. The van der Waals surface area contributed by atoms with Gasteiger partial charge in [-0.25, -0.2) is 0 Å². The maximum Gasteiger partial charge on any atom is -0.0137 e. The Labute approximate surface area is 75.4 Å². The van der Waals surface area contributed by atoms with Gasteiger partial charge in [0, 0.05) is 0 Å². The normalized spacial score (nSPS) is 40.5. The van der Waals surface area contributed by atoms with Crippen molar-refractivity contribution in [2.75, 3.05) is 0 Å². The molecule has 3 atom stereocenters. The fourth-order valence-electron chi connectivity index (χ4n) is 2.76. The lowest BCUT2D eigenvalue weighted by Gasteiger charge is -2.37. The standard InChI is InChI=1S/C12H18/c1-9-5-3-8-12-10(2)6-4-7-11(9)12/h3,5,8,10-12H,4,6-7H2,1-2H3/t10?,11?,12-/m0/s1. The minimum Gasteiger partial charge on any atom is -0.0806 e. The summed E-state index contributed by atoms with van der Waals surface area (Å²) in [6, 6.07) is 0. The van der Waals surface area contributed by atoms with E-state index in [2.05, 4.69) is 32.1 Å². The maximum absolute atomic E-state index is 2.42. The zero-order chi connectivity index (χ0) is 8.55. The summed E-state index contributed by atoms with van der Waals surface area (Å²) in [5, 5.41) is 0. The van der Waals surface area contributed by atoms with E-state index < -0.39 is 0 Å². The first kappa shape index (κ1) is 8.10. The molecule has 0 spiro atoms. The second-order valence-corrected chi connectivity index (χ2v) is 4.39. The summed E-state index contributed by atoms with van der Waals surface area (Å²) in [5.74, 6) is 2.63. The van der Waals surface area contributed by atoms with Crippen molar-refractivity contribution in [3.8, 4) is 0 Å². The summed E-state index contributed by atoms with van der Waals surface area (Å²) in [6.07, 6.45) is 11.2. The van der Waals surface area contributed by atoms with Crippen molar-refractivity contribution in [1.82, 2.24) is 0 Å². The Bertz CT molecular complexity index is 222. The quantitative estimate of drug-likeness (QED) is 0.511. The van der Waals surface area contributed by atoms with Gasteiger partial charge in [-0.3, -0.25) is 0 Å². The van der Waals surface area contributed by atoms with Crippen LogP contribution in [0.3, 0.4) is 0 Å². The van der Waals surface area contributed by atoms with Crippen LogP contribution < -0.4 is 0 Å². The molecule has 0 amide bonds. The molecule has 0 nitrogen and oxygen atoms in total. The van der Waals surface area contributed by atoms with Crippen LogP contribution in [0.25, 0.3) is 0 Å². The van der Waals surface area contributed by atoms with E-state index in [9.17, 15) is 0 Å². The van der Waals surface area contributed by atoms with E-state index in [1.165, 1.54) is 19.3 Å². The first-order valence-electron chi connectivity index (χ1n) is 5.14. The van der Waals surface area contributed by atoms with Crippen LogP contribution in [-0.2, 0) is 0 Å². The monoisotopic (exact) mass is 162 g/mol.